The van der Waals surface area contributed by atoms with Crippen LogP contribution in [0.1, 0.15) is 11.5 Å². The fraction of sp³-hybridized carbons (Fsp3) is 0.350. The highest BCUT2D eigenvalue weighted by Gasteiger charge is 2.36. The first-order chi connectivity index (χ1) is 11.8. The summed E-state index contributed by atoms with van der Waals surface area (Å²) >= 11 is 0. The lowest BCUT2D eigenvalue weighted by molar-refractivity contribution is -0.125. The highest BCUT2D eigenvalue weighted by molar-refractivity contribution is 5.85. The molecule has 0 aliphatic carbocycles. The van der Waals surface area contributed by atoms with Crippen LogP contribution in [0.4, 0.5) is 5.69 Å². The number of nitrogens with zero attached hydrogens (tertiary/aromatic N) is 1. The minimum absolute atomic E-state index is 0. The predicted octanol–water partition coefficient (Wildman–Crippen LogP) is 2.42. The van der Waals surface area contributed by atoms with Crippen molar-refractivity contribution in [2.24, 2.45) is 5.92 Å². The van der Waals surface area contributed by atoms with E-state index in [1.165, 1.54) is 11.3 Å². The Hall–Kier alpha value is -2.04. The van der Waals surface area contributed by atoms with Crippen LogP contribution >= 0.6 is 12.4 Å². The lowest BCUT2D eigenvalue weighted by atomic mass is 9.88. The molecule has 4 rings (SSSR count). The number of carbonyl (C=O) groups excluding carboxylic acids is 1. The van der Waals surface area contributed by atoms with Crippen molar-refractivity contribution in [2.45, 2.75) is 12.0 Å². The number of anilines is 1. The van der Waals surface area contributed by atoms with Gasteiger partial charge in [0.2, 0.25) is 5.91 Å². The molecule has 25 heavy (non-hydrogen) atoms. The van der Waals surface area contributed by atoms with Gasteiger partial charge in [-0.3, -0.25) is 4.79 Å². The van der Waals surface area contributed by atoms with E-state index in [-0.39, 0.29) is 36.2 Å². The second kappa shape index (κ2) is 7.89. The maximum atomic E-state index is 12.7. The van der Waals surface area contributed by atoms with E-state index in [1.807, 2.05) is 24.3 Å². The van der Waals surface area contributed by atoms with Gasteiger partial charge in [0.1, 0.15) is 0 Å². The van der Waals surface area contributed by atoms with Gasteiger partial charge in [0, 0.05) is 37.8 Å². The molecule has 0 aromatic heterocycles. The molecule has 4 nitrogen and oxygen atoms in total. The van der Waals surface area contributed by atoms with Crippen LogP contribution < -0.4 is 15.5 Å². The van der Waals surface area contributed by atoms with Gasteiger partial charge in [0.05, 0.1) is 12.0 Å². The Labute approximate surface area is 155 Å². The summed E-state index contributed by atoms with van der Waals surface area (Å²) in [5.41, 5.74) is 2.48. The number of carbonyl (C=O) groups is 1. The molecule has 0 spiro atoms. The van der Waals surface area contributed by atoms with E-state index in [1.54, 1.807) is 0 Å². The molecule has 0 radical (unpaired) electrons. The van der Waals surface area contributed by atoms with Crippen LogP contribution in [0.5, 0.6) is 0 Å². The average molecular weight is 358 g/mol. The first-order valence-corrected chi connectivity index (χ1v) is 8.67. The topological polar surface area (TPSA) is 44.4 Å². The maximum absolute atomic E-state index is 12.7. The third-order valence-corrected chi connectivity index (χ3v) is 5.13. The highest BCUT2D eigenvalue weighted by Crippen LogP contribution is 2.28. The molecular formula is C20H24ClN3O. The summed E-state index contributed by atoms with van der Waals surface area (Å²) in [6.45, 7) is 3.43. The number of nitrogens with one attached hydrogen (secondary N) is 2. The van der Waals surface area contributed by atoms with Crippen LogP contribution in [-0.4, -0.2) is 38.1 Å². The maximum Gasteiger partial charge on any atom is 0.225 e. The van der Waals surface area contributed by atoms with Gasteiger partial charge in [-0.2, -0.15) is 0 Å². The Kier molecular flexibility index (Phi) is 5.61. The molecule has 132 valence electrons. The van der Waals surface area contributed by atoms with E-state index in [9.17, 15) is 4.79 Å². The summed E-state index contributed by atoms with van der Waals surface area (Å²) in [5.74, 6) is 0.487. The summed E-state index contributed by atoms with van der Waals surface area (Å²) in [6.07, 6.45) is 0. The van der Waals surface area contributed by atoms with Gasteiger partial charge in [-0.1, -0.05) is 48.5 Å². The van der Waals surface area contributed by atoms with Crippen molar-refractivity contribution in [3.63, 3.8) is 0 Å². The molecular weight excluding hydrogens is 334 g/mol. The third-order valence-electron chi connectivity index (χ3n) is 5.13. The van der Waals surface area contributed by atoms with Gasteiger partial charge < -0.3 is 15.5 Å². The first kappa shape index (κ1) is 17.8. The zero-order chi connectivity index (χ0) is 16.4. The molecule has 2 aliphatic heterocycles. The molecule has 2 heterocycles. The Morgan fingerprint density at radius 3 is 2.28 bits per heavy atom. The number of hydrogen-bond acceptors (Lipinski definition) is 3. The van der Waals surface area contributed by atoms with Crippen molar-refractivity contribution in [2.75, 3.05) is 31.1 Å². The van der Waals surface area contributed by atoms with Crippen molar-refractivity contribution in [1.82, 2.24) is 10.6 Å². The van der Waals surface area contributed by atoms with E-state index in [0.717, 1.165) is 26.2 Å². The summed E-state index contributed by atoms with van der Waals surface area (Å²) in [5, 5.41) is 6.61. The zero-order valence-corrected chi connectivity index (χ0v) is 14.9. The van der Waals surface area contributed by atoms with Crippen LogP contribution in [0.3, 0.4) is 0 Å². The van der Waals surface area contributed by atoms with Gasteiger partial charge in [-0.25, -0.2) is 0 Å². The molecule has 0 unspecified atom stereocenters. The van der Waals surface area contributed by atoms with Crippen molar-refractivity contribution >= 4 is 24.0 Å². The van der Waals surface area contributed by atoms with Crippen LogP contribution in [-0.2, 0) is 4.79 Å². The number of benzene rings is 2. The van der Waals surface area contributed by atoms with Gasteiger partial charge in [-0.05, 0) is 17.7 Å². The fourth-order valence-corrected chi connectivity index (χ4v) is 3.73. The minimum Gasteiger partial charge on any atom is -0.367 e. The van der Waals surface area contributed by atoms with E-state index in [0.29, 0.717) is 0 Å². The molecule has 2 N–H and O–H groups in total. The minimum atomic E-state index is 0. The van der Waals surface area contributed by atoms with E-state index in [2.05, 4.69) is 51.9 Å². The Morgan fingerprint density at radius 2 is 1.60 bits per heavy atom. The van der Waals surface area contributed by atoms with Gasteiger partial charge >= 0.3 is 0 Å². The quantitative estimate of drug-likeness (QED) is 0.883. The summed E-state index contributed by atoms with van der Waals surface area (Å²) in [7, 11) is 0. The molecule has 2 aromatic carbocycles. The lowest BCUT2D eigenvalue weighted by Crippen LogP contribution is -2.60. The molecule has 0 saturated carbocycles. The van der Waals surface area contributed by atoms with Crippen molar-refractivity contribution in [1.29, 1.82) is 0 Å². The molecule has 2 fully saturated rings. The molecule has 5 heteroatoms. The lowest BCUT2D eigenvalue weighted by Gasteiger charge is -2.41. The Balaban J connectivity index is 0.00000182. The number of halogens is 1. The van der Waals surface area contributed by atoms with E-state index >= 15 is 0 Å². The second-order valence-corrected chi connectivity index (χ2v) is 6.73. The van der Waals surface area contributed by atoms with Crippen LogP contribution in [0.2, 0.25) is 0 Å². The number of rotatable bonds is 4. The monoisotopic (exact) mass is 357 g/mol. The number of para-hydroxylation sites is 1. The predicted molar refractivity (Wildman–Crippen MR) is 103 cm³/mol. The normalized spacial score (nSPS) is 22.8. The number of hydrogen-bond donors (Lipinski definition) is 2. The largest absolute Gasteiger partial charge is 0.367 e. The van der Waals surface area contributed by atoms with Gasteiger partial charge in [-0.15, -0.1) is 12.4 Å². The van der Waals surface area contributed by atoms with E-state index < -0.39 is 0 Å². The van der Waals surface area contributed by atoms with Crippen molar-refractivity contribution < 1.29 is 4.79 Å². The molecule has 2 atom stereocenters. The molecule has 2 aliphatic rings. The fourth-order valence-electron chi connectivity index (χ4n) is 3.73. The summed E-state index contributed by atoms with van der Waals surface area (Å²) < 4.78 is 0. The Bertz CT molecular complexity index is 689. The molecule has 0 bridgehead atoms. The zero-order valence-electron chi connectivity index (χ0n) is 14.1. The third kappa shape index (κ3) is 3.80. The second-order valence-electron chi connectivity index (χ2n) is 6.73. The average Bonchev–Trinajstić information content (AvgIpc) is 3.09. The van der Waals surface area contributed by atoms with Crippen molar-refractivity contribution in [3.8, 4) is 0 Å². The van der Waals surface area contributed by atoms with Crippen LogP contribution in [0.15, 0.2) is 60.7 Å². The Morgan fingerprint density at radius 1 is 0.960 bits per heavy atom. The van der Waals surface area contributed by atoms with Gasteiger partial charge in [0.15, 0.2) is 0 Å². The summed E-state index contributed by atoms with van der Waals surface area (Å²) in [4.78, 5) is 15.0. The van der Waals surface area contributed by atoms with E-state index in [4.69, 9.17) is 0 Å². The van der Waals surface area contributed by atoms with Gasteiger partial charge in [0.25, 0.3) is 0 Å². The van der Waals surface area contributed by atoms with Crippen LogP contribution in [0.25, 0.3) is 0 Å². The standard InChI is InChI=1S/C20H23N3O.ClH/c24-20(19-12-21-11-18(19)15-7-3-1-4-8-15)22-16-13-23(14-16)17-9-5-2-6-10-17;/h1-10,16,18-19,21H,11-14H2,(H,22,24);1H/t18-,19+;/m0./s1. The molecule has 1 amide bonds. The number of amides is 1. The van der Waals surface area contributed by atoms with Crippen LogP contribution in [0, 0.1) is 5.92 Å². The summed E-state index contributed by atoms with van der Waals surface area (Å²) in [6, 6.07) is 21.0. The smallest absolute Gasteiger partial charge is 0.225 e. The SMILES string of the molecule is Cl.O=C(NC1CN(c2ccccc2)C1)[C@@H]1CNC[C@H]1c1ccccc1. The molecule has 2 aromatic rings. The molecule has 2 saturated heterocycles. The first-order valence-electron chi connectivity index (χ1n) is 8.67. The van der Waals surface area contributed by atoms with Crippen molar-refractivity contribution in [3.05, 3.63) is 66.2 Å². The highest BCUT2D eigenvalue weighted by atomic mass is 35.5.